The van der Waals surface area contributed by atoms with Crippen LogP contribution in [0.15, 0.2) is 43.1 Å². The Bertz CT molecular complexity index is 901. The third kappa shape index (κ3) is 5.98. The average Bonchev–Trinajstić information content (AvgIpc) is 3.17. The van der Waals surface area contributed by atoms with Crippen molar-refractivity contribution in [2.45, 2.75) is 43.9 Å². The Morgan fingerprint density at radius 2 is 1.91 bits per heavy atom. The van der Waals surface area contributed by atoms with E-state index < -0.39 is 12.1 Å². The maximum absolute atomic E-state index is 12.8. The number of likely N-dealkylation sites (tertiary alicyclic amines) is 1. The first-order chi connectivity index (χ1) is 15.3. The van der Waals surface area contributed by atoms with Gasteiger partial charge in [0.05, 0.1) is 25.4 Å². The molecule has 4 heterocycles. The van der Waals surface area contributed by atoms with Crippen molar-refractivity contribution in [1.29, 1.82) is 0 Å². The van der Waals surface area contributed by atoms with Gasteiger partial charge in [0.1, 0.15) is 17.9 Å². The summed E-state index contributed by atoms with van der Waals surface area (Å²) in [5.41, 5.74) is 1.42. The van der Waals surface area contributed by atoms with Gasteiger partial charge in [-0.1, -0.05) is 0 Å². The van der Waals surface area contributed by atoms with Crippen LogP contribution in [0.25, 0.3) is 0 Å². The molecule has 2 aliphatic rings. The van der Waals surface area contributed by atoms with E-state index in [-0.39, 0.29) is 24.2 Å². The second kappa shape index (κ2) is 10.5. The Hall–Kier alpha value is -3.12. The second-order valence-electron chi connectivity index (χ2n) is 7.10. The molecule has 2 saturated heterocycles. The fourth-order valence-electron chi connectivity index (χ4n) is 3.53. The van der Waals surface area contributed by atoms with Crippen LogP contribution in [-0.4, -0.2) is 74.4 Å². The molecule has 2 aromatic rings. The zero-order chi connectivity index (χ0) is 23.1. The zero-order valence-corrected chi connectivity index (χ0v) is 16.8. The molecule has 172 valence electrons. The van der Waals surface area contributed by atoms with Gasteiger partial charge >= 0.3 is 12.1 Å². The number of nitrogens with zero attached hydrogens (tertiary/aromatic N) is 4. The number of pyridine rings is 1. The molecule has 4 rings (SSSR count). The van der Waals surface area contributed by atoms with Gasteiger partial charge in [-0.2, -0.15) is 13.2 Å². The van der Waals surface area contributed by atoms with Crippen LogP contribution in [0.5, 0.6) is 0 Å². The van der Waals surface area contributed by atoms with Gasteiger partial charge in [-0.3, -0.25) is 14.8 Å². The smallest absolute Gasteiger partial charge is 0.475 e. The highest BCUT2D eigenvalue weighted by atomic mass is 19.4. The maximum atomic E-state index is 12.8. The highest BCUT2D eigenvalue weighted by molar-refractivity contribution is 5.92. The number of fused-ring (bicyclic) bond motifs is 1. The lowest BCUT2D eigenvalue weighted by Gasteiger charge is -2.32. The van der Waals surface area contributed by atoms with Gasteiger partial charge in [0.2, 0.25) is 0 Å². The van der Waals surface area contributed by atoms with Gasteiger partial charge in [0, 0.05) is 31.4 Å². The molecule has 0 aliphatic carbocycles. The number of carbonyl (C=O) groups excluding carboxylic acids is 1. The third-order valence-electron chi connectivity index (χ3n) is 4.98. The Morgan fingerprint density at radius 1 is 1.19 bits per heavy atom. The molecule has 2 fully saturated rings. The van der Waals surface area contributed by atoms with Crippen LogP contribution in [0.2, 0.25) is 0 Å². The van der Waals surface area contributed by atoms with Crippen LogP contribution in [0.1, 0.15) is 28.9 Å². The molecule has 12 heteroatoms. The van der Waals surface area contributed by atoms with Crippen LogP contribution in [0.4, 0.5) is 13.2 Å². The van der Waals surface area contributed by atoms with E-state index in [9.17, 15) is 18.0 Å². The van der Waals surface area contributed by atoms with E-state index in [0.717, 1.165) is 18.4 Å². The number of rotatable bonds is 4. The fraction of sp³-hybridized carbons (Fsp3) is 0.450. The first-order valence-corrected chi connectivity index (χ1v) is 9.76. The molecule has 0 spiro atoms. The van der Waals surface area contributed by atoms with E-state index in [1.807, 2.05) is 17.0 Å². The molecular formula is C20H21F3N4O5. The first kappa shape index (κ1) is 23.5. The van der Waals surface area contributed by atoms with Crippen molar-refractivity contribution in [3.8, 4) is 0 Å². The van der Waals surface area contributed by atoms with Gasteiger partial charge in [0.15, 0.2) is 0 Å². The molecule has 2 aromatic heterocycles. The molecule has 32 heavy (non-hydrogen) atoms. The van der Waals surface area contributed by atoms with E-state index in [4.69, 9.17) is 19.4 Å². The molecule has 2 aliphatic heterocycles. The summed E-state index contributed by atoms with van der Waals surface area (Å²) in [4.78, 5) is 35.7. The van der Waals surface area contributed by atoms with Crippen molar-refractivity contribution in [2.75, 3.05) is 13.2 Å². The molecule has 1 N–H and O–H groups in total. The molecule has 0 bridgehead atoms. The van der Waals surface area contributed by atoms with Crippen molar-refractivity contribution in [3.63, 3.8) is 0 Å². The summed E-state index contributed by atoms with van der Waals surface area (Å²) in [5.74, 6) is -2.86. The second-order valence-corrected chi connectivity index (χ2v) is 7.10. The quantitative estimate of drug-likeness (QED) is 0.747. The van der Waals surface area contributed by atoms with Gasteiger partial charge in [-0.25, -0.2) is 9.78 Å². The number of halogens is 3. The summed E-state index contributed by atoms with van der Waals surface area (Å²) in [7, 11) is 0. The number of hydrogen-bond donors (Lipinski definition) is 1. The summed E-state index contributed by atoms with van der Waals surface area (Å²) < 4.78 is 43.8. The number of hydrogen-bond acceptors (Lipinski definition) is 7. The Balaban J connectivity index is 0.000000360. The highest BCUT2D eigenvalue weighted by Crippen LogP contribution is 2.32. The molecule has 3 atom stereocenters. The van der Waals surface area contributed by atoms with Crippen molar-refractivity contribution in [2.24, 2.45) is 0 Å². The first-order valence-electron chi connectivity index (χ1n) is 9.76. The number of carboxylic acids is 1. The number of aliphatic carboxylic acids is 1. The Kier molecular flexibility index (Phi) is 7.70. The number of alkyl halides is 3. The van der Waals surface area contributed by atoms with Crippen molar-refractivity contribution >= 4 is 11.9 Å². The van der Waals surface area contributed by atoms with Crippen LogP contribution in [0.3, 0.4) is 0 Å². The topological polar surface area (TPSA) is 115 Å². The van der Waals surface area contributed by atoms with E-state index in [1.165, 1.54) is 12.4 Å². The minimum absolute atomic E-state index is 0.0331. The van der Waals surface area contributed by atoms with Crippen LogP contribution in [-0.2, 0) is 20.9 Å². The number of carbonyl (C=O) groups is 2. The van der Waals surface area contributed by atoms with E-state index in [0.29, 0.717) is 25.5 Å². The van der Waals surface area contributed by atoms with Crippen molar-refractivity contribution < 1.29 is 37.3 Å². The van der Waals surface area contributed by atoms with Crippen LogP contribution in [0, 0.1) is 0 Å². The number of carboxylic acid groups (broad SMARTS) is 1. The SMILES string of the molecule is O=C(O)C(F)(F)F.O=C(c1cnccn1)N1C[C@@H](OCc2ccncc2)[C@@H]2OCCC[C@@H]21. The van der Waals surface area contributed by atoms with E-state index in [2.05, 4.69) is 15.0 Å². The van der Waals surface area contributed by atoms with Crippen LogP contribution < -0.4 is 0 Å². The molecule has 0 aromatic carbocycles. The predicted octanol–water partition coefficient (Wildman–Crippen LogP) is 2.09. The molecule has 1 amide bonds. The molecule has 9 nitrogen and oxygen atoms in total. The third-order valence-corrected chi connectivity index (χ3v) is 4.98. The van der Waals surface area contributed by atoms with Gasteiger partial charge < -0.3 is 19.5 Å². The van der Waals surface area contributed by atoms with E-state index in [1.54, 1.807) is 18.6 Å². The summed E-state index contributed by atoms with van der Waals surface area (Å²) in [6.07, 6.45) is 4.66. The molecule has 0 radical (unpaired) electrons. The standard InChI is InChI=1S/C18H20N4O3.C2HF3O2/c23-18(14-10-20-7-8-21-14)22-11-16(17-15(22)2-1-9-24-17)25-12-13-3-5-19-6-4-13;3-2(4,5)1(6)7/h3-8,10,15-17H,1-2,9,11-12H2;(H,6,7)/t15-,16+,17+;/m0./s1. The van der Waals surface area contributed by atoms with Crippen molar-refractivity contribution in [1.82, 2.24) is 19.9 Å². The predicted molar refractivity (Wildman–Crippen MR) is 102 cm³/mol. The highest BCUT2D eigenvalue weighted by Gasteiger charge is 2.47. The van der Waals surface area contributed by atoms with Crippen molar-refractivity contribution in [3.05, 3.63) is 54.4 Å². The van der Waals surface area contributed by atoms with Gasteiger partial charge in [-0.05, 0) is 30.5 Å². The minimum atomic E-state index is -5.08. The Morgan fingerprint density at radius 3 is 2.53 bits per heavy atom. The number of ether oxygens (including phenoxy) is 2. The normalized spacial score (nSPS) is 22.5. The lowest BCUT2D eigenvalue weighted by molar-refractivity contribution is -0.192. The average molecular weight is 454 g/mol. The summed E-state index contributed by atoms with van der Waals surface area (Å²) in [5, 5.41) is 7.12. The fourth-order valence-corrected chi connectivity index (χ4v) is 3.53. The lowest BCUT2D eigenvalue weighted by atomic mass is 10.0. The number of amides is 1. The summed E-state index contributed by atoms with van der Waals surface area (Å²) in [6, 6.07) is 3.89. The zero-order valence-electron chi connectivity index (χ0n) is 16.8. The summed E-state index contributed by atoms with van der Waals surface area (Å²) >= 11 is 0. The summed E-state index contributed by atoms with van der Waals surface area (Å²) in [6.45, 7) is 1.70. The largest absolute Gasteiger partial charge is 0.490 e. The maximum Gasteiger partial charge on any atom is 0.490 e. The molecular weight excluding hydrogens is 433 g/mol. The monoisotopic (exact) mass is 454 g/mol. The lowest BCUT2D eigenvalue weighted by Crippen LogP contribution is -2.44. The Labute approximate surface area is 181 Å². The van der Waals surface area contributed by atoms with Crippen LogP contribution >= 0.6 is 0 Å². The minimum Gasteiger partial charge on any atom is -0.475 e. The van der Waals surface area contributed by atoms with E-state index >= 15 is 0 Å². The van der Waals surface area contributed by atoms with Gasteiger partial charge in [0.25, 0.3) is 5.91 Å². The van der Waals surface area contributed by atoms with Gasteiger partial charge in [-0.15, -0.1) is 0 Å². The molecule has 0 unspecified atom stereocenters. The molecule has 0 saturated carbocycles. The number of aromatic nitrogens is 3.